The molecule has 0 spiro atoms. The first-order chi connectivity index (χ1) is 18.9. The van der Waals surface area contributed by atoms with Gasteiger partial charge in [-0.1, -0.05) is 70.2 Å². The van der Waals surface area contributed by atoms with Crippen molar-refractivity contribution in [3.63, 3.8) is 0 Å². The van der Waals surface area contributed by atoms with Crippen LogP contribution in [0.4, 0.5) is 0 Å². The molecule has 0 fully saturated rings. The fourth-order valence-corrected chi connectivity index (χ4v) is 5.94. The predicted octanol–water partition coefficient (Wildman–Crippen LogP) is 9.64. The second-order valence-corrected chi connectivity index (χ2v) is 11.0. The molecule has 2 heterocycles. The molecular weight excluding hydrogens is 693 g/mol. The number of aliphatic hydroxyl groups excluding tert-OH is 1. The van der Waals surface area contributed by atoms with Crippen molar-refractivity contribution in [2.45, 2.75) is 60.3 Å². The number of thiophene rings is 1. The summed E-state index contributed by atoms with van der Waals surface area (Å²) in [5.74, 6) is 0.547. The minimum Gasteiger partial charge on any atom is -0.512 e. The molecule has 2 aromatic heterocycles. The van der Waals surface area contributed by atoms with Gasteiger partial charge in [0.2, 0.25) is 0 Å². The number of nitrogens with zero attached hydrogens (tertiary/aromatic N) is 2. The fourth-order valence-electron chi connectivity index (χ4n) is 4.94. The first kappa shape index (κ1) is 31.6. The molecule has 3 aromatic carbocycles. The Morgan fingerprint density at radius 1 is 0.875 bits per heavy atom. The monoisotopic (exact) mass is 730 g/mol. The average molecular weight is 730 g/mol. The largest absolute Gasteiger partial charge is 0.512 e. The zero-order chi connectivity index (χ0) is 27.9. The Kier molecular flexibility index (Phi) is 11.6. The minimum atomic E-state index is 0. The van der Waals surface area contributed by atoms with Crippen molar-refractivity contribution in [3.05, 3.63) is 84.3 Å². The number of aryl methyl sites for hydroxylation is 1. The molecule has 0 aliphatic rings. The molecule has 211 valence electrons. The Morgan fingerprint density at radius 3 is 2.05 bits per heavy atom. The predicted molar refractivity (Wildman–Crippen MR) is 165 cm³/mol. The molecule has 4 nitrogen and oxygen atoms in total. The average Bonchev–Trinajstić information content (AvgIpc) is 3.38. The van der Waals surface area contributed by atoms with Gasteiger partial charge in [-0.3, -0.25) is 4.79 Å². The van der Waals surface area contributed by atoms with E-state index >= 15 is 0 Å². The van der Waals surface area contributed by atoms with Crippen LogP contribution in [0, 0.1) is 24.8 Å². The number of aromatic nitrogens is 2. The number of hydrogen-bond acceptors (Lipinski definition) is 5. The molecule has 0 saturated carbocycles. The molecule has 0 atom stereocenters. The van der Waals surface area contributed by atoms with Crippen LogP contribution in [-0.2, 0) is 24.9 Å². The topological polar surface area (TPSA) is 63.1 Å². The summed E-state index contributed by atoms with van der Waals surface area (Å²) in [5.41, 5.74) is 1.88. The van der Waals surface area contributed by atoms with Crippen LogP contribution in [-0.4, -0.2) is 21.1 Å². The maximum atomic E-state index is 11.7. The number of hydrogen-bond donors (Lipinski definition) is 1. The number of ketones is 1. The molecule has 0 aliphatic carbocycles. The van der Waals surface area contributed by atoms with Crippen molar-refractivity contribution in [2.24, 2.45) is 11.8 Å². The van der Waals surface area contributed by atoms with Gasteiger partial charge in [0.1, 0.15) is 0 Å². The van der Waals surface area contributed by atoms with Crippen molar-refractivity contribution in [1.29, 1.82) is 0 Å². The SMILES string of the molecule is CCC(CC)C(=O)/C=C(\O)C(CC)CC.Cc1nnc(-c2[c-]c3ccccc3s2)c2cc3ccccc3cc12.[Ir]. The molecule has 1 radical (unpaired) electrons. The second kappa shape index (κ2) is 14.6. The summed E-state index contributed by atoms with van der Waals surface area (Å²) in [7, 11) is 0. The van der Waals surface area contributed by atoms with Gasteiger partial charge in [0.25, 0.3) is 0 Å². The van der Waals surface area contributed by atoms with E-state index in [1.165, 1.54) is 21.5 Å². The van der Waals surface area contributed by atoms with Crippen LogP contribution >= 0.6 is 11.3 Å². The maximum Gasteiger partial charge on any atom is 0.162 e. The van der Waals surface area contributed by atoms with E-state index in [0.717, 1.165) is 58.1 Å². The molecule has 40 heavy (non-hydrogen) atoms. The smallest absolute Gasteiger partial charge is 0.162 e. The first-order valence-electron chi connectivity index (χ1n) is 13.9. The molecule has 0 aliphatic heterocycles. The number of rotatable bonds is 8. The van der Waals surface area contributed by atoms with Crippen LogP contribution in [0.2, 0.25) is 0 Å². The third-order valence-corrected chi connectivity index (χ3v) is 8.55. The Balaban J connectivity index is 0.000000243. The Hall–Kier alpha value is -2.92. The normalized spacial score (nSPS) is 11.6. The molecular formula is C34H37IrN2O2S-. The van der Waals surface area contributed by atoms with E-state index in [0.29, 0.717) is 0 Å². The Bertz CT molecular complexity index is 1580. The van der Waals surface area contributed by atoms with Crippen LogP contribution in [0.1, 0.15) is 59.1 Å². The van der Waals surface area contributed by atoms with E-state index in [1.807, 2.05) is 40.7 Å². The van der Waals surface area contributed by atoms with Gasteiger partial charge in [0.05, 0.1) is 11.5 Å². The van der Waals surface area contributed by atoms with Crippen molar-refractivity contribution in [2.75, 3.05) is 0 Å². The van der Waals surface area contributed by atoms with Crippen LogP contribution in [0.3, 0.4) is 0 Å². The first-order valence-corrected chi connectivity index (χ1v) is 14.7. The van der Waals surface area contributed by atoms with Gasteiger partial charge < -0.3 is 5.11 Å². The van der Waals surface area contributed by atoms with Gasteiger partial charge in [-0.05, 0) is 69.8 Å². The van der Waals surface area contributed by atoms with Crippen molar-refractivity contribution in [1.82, 2.24) is 10.2 Å². The summed E-state index contributed by atoms with van der Waals surface area (Å²) in [6, 6.07) is 24.7. The molecule has 5 rings (SSSR count). The number of allylic oxidation sites excluding steroid dienone is 2. The zero-order valence-electron chi connectivity index (χ0n) is 23.8. The van der Waals surface area contributed by atoms with Gasteiger partial charge in [-0.25, -0.2) is 11.3 Å². The summed E-state index contributed by atoms with van der Waals surface area (Å²) >= 11 is 1.72. The van der Waals surface area contributed by atoms with Crippen LogP contribution in [0.25, 0.3) is 42.2 Å². The summed E-state index contributed by atoms with van der Waals surface area (Å²) in [6.07, 6.45) is 4.91. The summed E-state index contributed by atoms with van der Waals surface area (Å²) < 4.78 is 1.23. The van der Waals surface area contributed by atoms with E-state index < -0.39 is 0 Å². The van der Waals surface area contributed by atoms with E-state index in [9.17, 15) is 9.90 Å². The van der Waals surface area contributed by atoms with E-state index in [2.05, 4.69) is 70.9 Å². The Morgan fingerprint density at radius 2 is 1.45 bits per heavy atom. The molecule has 1 N–H and O–H groups in total. The standard InChI is InChI=1S/C21H13N2S.C13H24O2.Ir/c1-13-17-10-14-6-2-3-7-15(14)11-18(17)21(23-22-13)20-12-16-8-4-5-9-19(16)24-20;1-5-10(6-2)12(14)9-13(15)11(7-3)8-4;/h2-11H,1H3;9-11,14H,5-8H2,1-4H3;/q-1;;/b;12-9-;. The number of aliphatic hydroxyl groups is 1. The summed E-state index contributed by atoms with van der Waals surface area (Å²) in [5, 5.41) is 24.5. The zero-order valence-corrected chi connectivity index (χ0v) is 27.0. The Labute approximate surface area is 254 Å². The molecule has 0 amide bonds. The van der Waals surface area contributed by atoms with Crippen LogP contribution < -0.4 is 0 Å². The van der Waals surface area contributed by atoms with Gasteiger partial charge in [0, 0.05) is 43.7 Å². The van der Waals surface area contributed by atoms with E-state index in [-0.39, 0.29) is 43.5 Å². The van der Waals surface area contributed by atoms with E-state index in [4.69, 9.17) is 0 Å². The number of benzene rings is 3. The minimum absolute atomic E-state index is 0. The molecule has 0 unspecified atom stereocenters. The van der Waals surface area contributed by atoms with Gasteiger partial charge in [-0.2, -0.15) is 10.2 Å². The van der Waals surface area contributed by atoms with Gasteiger partial charge >= 0.3 is 0 Å². The fraction of sp³-hybridized carbons (Fsp3) is 0.324. The summed E-state index contributed by atoms with van der Waals surface area (Å²) in [4.78, 5) is 12.8. The van der Waals surface area contributed by atoms with E-state index in [1.54, 1.807) is 11.3 Å². The third kappa shape index (κ3) is 7.04. The molecule has 5 aromatic rings. The molecule has 0 saturated heterocycles. The number of fused-ring (bicyclic) bond motifs is 3. The summed E-state index contributed by atoms with van der Waals surface area (Å²) in [6.45, 7) is 10.1. The van der Waals surface area contributed by atoms with Crippen LogP contribution in [0.5, 0.6) is 0 Å². The van der Waals surface area contributed by atoms with Crippen molar-refractivity contribution < 1.29 is 30.0 Å². The quantitative estimate of drug-likeness (QED) is 0.0748. The van der Waals surface area contributed by atoms with Crippen molar-refractivity contribution in [3.8, 4) is 10.6 Å². The van der Waals surface area contributed by atoms with Crippen LogP contribution in [0.15, 0.2) is 72.5 Å². The third-order valence-electron chi connectivity index (χ3n) is 7.48. The molecule has 6 heteroatoms. The molecule has 0 bridgehead atoms. The maximum absolute atomic E-state index is 11.7. The number of carbonyl (C=O) groups is 1. The van der Waals surface area contributed by atoms with Gasteiger partial charge in [-0.15, -0.1) is 23.6 Å². The second-order valence-electron chi connectivity index (χ2n) is 9.93. The van der Waals surface area contributed by atoms with Gasteiger partial charge in [0.15, 0.2) is 5.78 Å². The number of carbonyl (C=O) groups excluding carboxylic acids is 1. The van der Waals surface area contributed by atoms with Crippen molar-refractivity contribution >= 4 is 48.8 Å².